The first kappa shape index (κ1) is 21.7. The summed E-state index contributed by atoms with van der Waals surface area (Å²) in [7, 11) is -0.439. The third kappa shape index (κ3) is 3.01. The Hall–Kier alpha value is -3.60. The van der Waals surface area contributed by atoms with Gasteiger partial charge in [-0.05, 0) is 67.2 Å². The lowest BCUT2D eigenvalue weighted by Crippen LogP contribution is -2.41. The van der Waals surface area contributed by atoms with Crippen LogP contribution in [0.4, 0.5) is 0 Å². The smallest absolute Gasteiger partial charge is 0.455 e. The maximum atomic E-state index is 6.61. The molecule has 5 aromatic carbocycles. The molecule has 1 aliphatic rings. The molecular weight excluding hydrogens is 443 g/mol. The van der Waals surface area contributed by atoms with Gasteiger partial charge in [0.25, 0.3) is 0 Å². The first-order valence-electron chi connectivity index (χ1n) is 12.5. The van der Waals surface area contributed by atoms with Gasteiger partial charge >= 0.3 is 7.12 Å². The van der Waals surface area contributed by atoms with Gasteiger partial charge in [-0.25, -0.2) is 0 Å². The van der Waals surface area contributed by atoms with Crippen molar-refractivity contribution in [2.45, 2.75) is 38.9 Å². The number of hydrogen-bond acceptors (Lipinski definition) is 3. The van der Waals surface area contributed by atoms with E-state index in [0.29, 0.717) is 0 Å². The molecule has 6 aromatic rings. The van der Waals surface area contributed by atoms with Crippen molar-refractivity contribution in [2.24, 2.45) is 0 Å². The number of benzene rings is 5. The van der Waals surface area contributed by atoms with Crippen LogP contribution in [0.25, 0.3) is 54.6 Å². The standard InChI is InChI=1S/C32H27BO3/c1-31(2)32(3,4)36-33(35-31)28-16-10-9-14-23(28)26-19-27-25-18-17-20-11-5-6-12-21(20)29(25)34-30(27)24-15-8-7-13-22(24)26/h5-19H,1-4H3. The van der Waals surface area contributed by atoms with Crippen LogP contribution in [0.5, 0.6) is 0 Å². The molecule has 0 bridgehead atoms. The molecule has 2 heterocycles. The minimum absolute atomic E-state index is 0.404. The monoisotopic (exact) mass is 470 g/mol. The van der Waals surface area contributed by atoms with E-state index in [1.807, 2.05) is 0 Å². The topological polar surface area (TPSA) is 31.6 Å². The van der Waals surface area contributed by atoms with E-state index in [1.165, 1.54) is 5.39 Å². The zero-order valence-corrected chi connectivity index (χ0v) is 21.0. The molecule has 0 unspecified atom stereocenters. The normalized spacial score (nSPS) is 17.1. The van der Waals surface area contributed by atoms with E-state index in [0.717, 1.165) is 54.7 Å². The quantitative estimate of drug-likeness (QED) is 0.242. The molecule has 4 heteroatoms. The Morgan fingerprint density at radius 3 is 1.89 bits per heavy atom. The summed E-state index contributed by atoms with van der Waals surface area (Å²) in [6, 6.07) is 32.0. The second-order valence-electron chi connectivity index (χ2n) is 10.8. The van der Waals surface area contributed by atoms with Gasteiger partial charge in [-0.2, -0.15) is 0 Å². The van der Waals surface area contributed by atoms with E-state index in [4.69, 9.17) is 13.7 Å². The van der Waals surface area contributed by atoms with Crippen LogP contribution in [0, 0.1) is 0 Å². The van der Waals surface area contributed by atoms with Gasteiger partial charge < -0.3 is 13.7 Å². The van der Waals surface area contributed by atoms with Crippen LogP contribution in [0.15, 0.2) is 95.4 Å². The molecule has 3 nitrogen and oxygen atoms in total. The summed E-state index contributed by atoms with van der Waals surface area (Å²) in [4.78, 5) is 0. The highest BCUT2D eigenvalue weighted by molar-refractivity contribution is 6.64. The molecule has 0 radical (unpaired) electrons. The molecule has 1 fully saturated rings. The number of hydrogen-bond donors (Lipinski definition) is 0. The zero-order chi connectivity index (χ0) is 24.7. The summed E-state index contributed by atoms with van der Waals surface area (Å²) in [5.41, 5.74) is 4.36. The maximum absolute atomic E-state index is 6.61. The van der Waals surface area contributed by atoms with E-state index >= 15 is 0 Å². The minimum Gasteiger partial charge on any atom is -0.455 e. The van der Waals surface area contributed by atoms with Crippen molar-refractivity contribution in [3.63, 3.8) is 0 Å². The van der Waals surface area contributed by atoms with E-state index in [1.54, 1.807) is 0 Å². The summed E-state index contributed by atoms with van der Waals surface area (Å²) >= 11 is 0. The fourth-order valence-corrected chi connectivity index (χ4v) is 5.47. The van der Waals surface area contributed by atoms with Gasteiger partial charge in [-0.3, -0.25) is 0 Å². The number of fused-ring (bicyclic) bond motifs is 7. The molecule has 0 aliphatic carbocycles. The van der Waals surface area contributed by atoms with E-state index in [2.05, 4.69) is 119 Å². The van der Waals surface area contributed by atoms with Crippen molar-refractivity contribution in [1.82, 2.24) is 0 Å². The molecule has 0 saturated carbocycles. The lowest BCUT2D eigenvalue weighted by Gasteiger charge is -2.32. The average Bonchev–Trinajstić information content (AvgIpc) is 3.37. The van der Waals surface area contributed by atoms with Crippen molar-refractivity contribution in [3.05, 3.63) is 91.0 Å². The Labute approximate surface area is 210 Å². The van der Waals surface area contributed by atoms with Crippen LogP contribution >= 0.6 is 0 Å². The second-order valence-corrected chi connectivity index (χ2v) is 10.8. The molecule has 1 saturated heterocycles. The van der Waals surface area contributed by atoms with Crippen LogP contribution in [-0.2, 0) is 9.31 Å². The highest BCUT2D eigenvalue weighted by Gasteiger charge is 2.52. The van der Waals surface area contributed by atoms with Crippen LogP contribution in [-0.4, -0.2) is 18.3 Å². The molecule has 0 N–H and O–H groups in total. The highest BCUT2D eigenvalue weighted by atomic mass is 16.7. The van der Waals surface area contributed by atoms with Gasteiger partial charge in [0.1, 0.15) is 11.2 Å². The van der Waals surface area contributed by atoms with Crippen LogP contribution in [0.2, 0.25) is 0 Å². The summed E-state index contributed by atoms with van der Waals surface area (Å²) in [5, 5.41) is 6.82. The molecule has 176 valence electrons. The zero-order valence-electron chi connectivity index (χ0n) is 21.0. The molecule has 0 amide bonds. The van der Waals surface area contributed by atoms with Crippen molar-refractivity contribution >= 4 is 56.1 Å². The average molecular weight is 470 g/mol. The summed E-state index contributed by atoms with van der Waals surface area (Å²) in [5.74, 6) is 0. The molecule has 36 heavy (non-hydrogen) atoms. The van der Waals surface area contributed by atoms with Crippen molar-refractivity contribution in [2.75, 3.05) is 0 Å². The molecule has 7 rings (SSSR count). The number of furan rings is 1. The third-order valence-corrected chi connectivity index (χ3v) is 8.13. The summed E-state index contributed by atoms with van der Waals surface area (Å²) in [6.45, 7) is 8.38. The largest absolute Gasteiger partial charge is 0.495 e. The van der Waals surface area contributed by atoms with Crippen LogP contribution < -0.4 is 5.46 Å². The van der Waals surface area contributed by atoms with Gasteiger partial charge in [0.15, 0.2) is 0 Å². The van der Waals surface area contributed by atoms with Crippen molar-refractivity contribution in [1.29, 1.82) is 0 Å². The van der Waals surface area contributed by atoms with E-state index in [-0.39, 0.29) is 0 Å². The van der Waals surface area contributed by atoms with Gasteiger partial charge in [0.05, 0.1) is 11.2 Å². The summed E-state index contributed by atoms with van der Waals surface area (Å²) in [6.07, 6.45) is 0. The molecule has 0 spiro atoms. The molecule has 1 aliphatic heterocycles. The Morgan fingerprint density at radius 2 is 1.11 bits per heavy atom. The maximum Gasteiger partial charge on any atom is 0.495 e. The van der Waals surface area contributed by atoms with Crippen LogP contribution in [0.1, 0.15) is 27.7 Å². The Balaban J connectivity index is 1.53. The minimum atomic E-state index is -0.439. The predicted molar refractivity (Wildman–Crippen MR) is 150 cm³/mol. The fourth-order valence-electron chi connectivity index (χ4n) is 5.47. The fraction of sp³-hybridized carbons (Fsp3) is 0.188. The molecular formula is C32H27BO3. The van der Waals surface area contributed by atoms with Gasteiger partial charge in [0.2, 0.25) is 0 Å². The van der Waals surface area contributed by atoms with Gasteiger partial charge in [0, 0.05) is 21.5 Å². The van der Waals surface area contributed by atoms with E-state index < -0.39 is 18.3 Å². The summed E-state index contributed by atoms with van der Waals surface area (Å²) < 4.78 is 19.6. The SMILES string of the molecule is CC1(C)OB(c2ccccc2-c2cc3c4ccc5ccccc5c4oc3c3ccccc23)OC1(C)C. The third-order valence-electron chi connectivity index (χ3n) is 8.13. The van der Waals surface area contributed by atoms with Gasteiger partial charge in [-0.15, -0.1) is 0 Å². The van der Waals surface area contributed by atoms with E-state index in [9.17, 15) is 0 Å². The lowest BCUT2D eigenvalue weighted by molar-refractivity contribution is 0.00578. The highest BCUT2D eigenvalue weighted by Crippen LogP contribution is 2.42. The second kappa shape index (κ2) is 7.46. The Morgan fingerprint density at radius 1 is 0.528 bits per heavy atom. The molecule has 1 aromatic heterocycles. The lowest BCUT2D eigenvalue weighted by atomic mass is 9.74. The van der Waals surface area contributed by atoms with Gasteiger partial charge in [-0.1, -0.05) is 78.9 Å². The Kier molecular flexibility index (Phi) is 4.49. The first-order chi connectivity index (χ1) is 17.3. The van der Waals surface area contributed by atoms with Crippen molar-refractivity contribution < 1.29 is 13.7 Å². The van der Waals surface area contributed by atoms with Crippen molar-refractivity contribution in [3.8, 4) is 11.1 Å². The first-order valence-corrected chi connectivity index (χ1v) is 12.5. The molecule has 0 atom stereocenters. The predicted octanol–water partition coefficient (Wildman–Crippen LogP) is 7.86. The van der Waals surface area contributed by atoms with Crippen LogP contribution in [0.3, 0.4) is 0 Å². The Bertz CT molecular complexity index is 1800. The number of rotatable bonds is 2.